The minimum Gasteiger partial charge on any atom is -0.388 e. The third kappa shape index (κ3) is 3.64. The maximum Gasteiger partial charge on any atom is 0.203 e. The van der Waals surface area contributed by atoms with Crippen molar-refractivity contribution in [2.45, 2.75) is 50.2 Å². The summed E-state index contributed by atoms with van der Waals surface area (Å²) in [6, 6.07) is 3.88. The number of nitrogen functional groups attached to an aromatic ring is 1. The van der Waals surface area contributed by atoms with Crippen LogP contribution < -0.4 is 5.73 Å². The third-order valence-corrected chi connectivity index (χ3v) is 6.10. The van der Waals surface area contributed by atoms with Crippen molar-refractivity contribution in [3.05, 3.63) is 23.3 Å². The zero-order valence-corrected chi connectivity index (χ0v) is 16.7. The molecule has 27 heavy (non-hydrogen) atoms. The van der Waals surface area contributed by atoms with Gasteiger partial charge in [-0.25, -0.2) is 4.98 Å². The summed E-state index contributed by atoms with van der Waals surface area (Å²) < 4.78 is 7.12. The highest BCUT2D eigenvalue weighted by atomic mass is 35.5. The number of hydrogen-bond acceptors (Lipinski definition) is 6. The predicted octanol–water partition coefficient (Wildman–Crippen LogP) is 1.91. The monoisotopic (exact) mass is 417 g/mol. The number of alkyl halides is 2. The van der Waals surface area contributed by atoms with Crippen LogP contribution in [0.5, 0.6) is 0 Å². The summed E-state index contributed by atoms with van der Waals surface area (Å²) in [6.45, 7) is 3.94. The number of nitrogens with two attached hydrogens (primary N) is 1. The van der Waals surface area contributed by atoms with E-state index in [1.807, 2.05) is 26.0 Å². The Morgan fingerprint density at radius 3 is 2.33 bits per heavy atom. The van der Waals surface area contributed by atoms with Crippen LogP contribution in [0.2, 0.25) is 0 Å². The molecule has 1 saturated heterocycles. The summed E-state index contributed by atoms with van der Waals surface area (Å²) in [5, 5.41) is 30.1. The zero-order chi connectivity index (χ0) is 19.9. The van der Waals surface area contributed by atoms with Crippen molar-refractivity contribution in [1.82, 2.24) is 9.55 Å². The van der Waals surface area contributed by atoms with Gasteiger partial charge >= 0.3 is 0 Å². The van der Waals surface area contributed by atoms with Gasteiger partial charge in [0.15, 0.2) is 6.23 Å². The molecule has 5 N–H and O–H groups in total. The average molecular weight is 418 g/mol. The fraction of sp³-hybridized carbons (Fsp3) is 0.611. The van der Waals surface area contributed by atoms with Gasteiger partial charge in [-0.15, -0.1) is 23.2 Å². The van der Waals surface area contributed by atoms with Gasteiger partial charge in [-0.3, -0.25) is 4.57 Å². The largest absolute Gasteiger partial charge is 0.388 e. The van der Waals surface area contributed by atoms with Crippen LogP contribution in [0.15, 0.2) is 12.1 Å². The van der Waals surface area contributed by atoms with Crippen LogP contribution in [0.3, 0.4) is 0 Å². The molecular weight excluding hydrogens is 393 g/mol. The molecule has 150 valence electrons. The first kappa shape index (κ1) is 20.6. The number of ether oxygens (including phenoxy) is 1. The molecule has 0 saturated carbocycles. The van der Waals surface area contributed by atoms with E-state index in [2.05, 4.69) is 4.98 Å². The van der Waals surface area contributed by atoms with Crippen LogP contribution in [0.25, 0.3) is 11.0 Å². The van der Waals surface area contributed by atoms with Gasteiger partial charge in [0.05, 0.1) is 17.6 Å². The highest BCUT2D eigenvalue weighted by Crippen LogP contribution is 2.36. The molecule has 1 aromatic carbocycles. The molecular formula is C18H25Cl2N3O4. The summed E-state index contributed by atoms with van der Waals surface area (Å²) in [4.78, 5) is 4.40. The molecule has 2 unspecified atom stereocenters. The first-order valence-electron chi connectivity index (χ1n) is 8.89. The van der Waals surface area contributed by atoms with Gasteiger partial charge in [-0.2, -0.15) is 0 Å². The van der Waals surface area contributed by atoms with E-state index in [0.29, 0.717) is 22.8 Å². The quantitative estimate of drug-likeness (QED) is 0.552. The van der Waals surface area contributed by atoms with Crippen molar-refractivity contribution in [3.63, 3.8) is 0 Å². The van der Waals surface area contributed by atoms with Crippen molar-refractivity contribution in [2.24, 2.45) is 0 Å². The number of fused-ring (bicyclic) bond motifs is 1. The molecule has 0 aliphatic carbocycles. The number of nitrogens with zero attached hydrogens (tertiary/aromatic N) is 2. The number of benzene rings is 1. The second kappa shape index (κ2) is 8.11. The Hall–Kier alpha value is -1.09. The highest BCUT2D eigenvalue weighted by molar-refractivity contribution is 6.18. The summed E-state index contributed by atoms with van der Waals surface area (Å²) >= 11 is 12.2. The number of imidazole rings is 1. The Kier molecular flexibility index (Phi) is 6.20. The number of aromatic nitrogens is 2. The van der Waals surface area contributed by atoms with Gasteiger partial charge in [-0.05, 0) is 35.1 Å². The van der Waals surface area contributed by atoms with Crippen molar-refractivity contribution in [3.8, 4) is 0 Å². The van der Waals surface area contributed by atoms with Gasteiger partial charge in [0.25, 0.3) is 0 Å². The lowest BCUT2D eigenvalue weighted by molar-refractivity contribution is -0.209. The molecule has 3 rings (SSSR count). The van der Waals surface area contributed by atoms with E-state index in [1.165, 1.54) is 0 Å². The van der Waals surface area contributed by atoms with Crippen LogP contribution in [-0.4, -0.2) is 61.5 Å². The number of hydrogen-bond donors (Lipinski definition) is 4. The lowest BCUT2D eigenvalue weighted by Crippen LogP contribution is -2.50. The second-order valence-electron chi connectivity index (χ2n) is 7.19. The summed E-state index contributed by atoms with van der Waals surface area (Å²) in [7, 11) is 0. The first-order valence-corrected chi connectivity index (χ1v) is 9.96. The normalized spacial score (nSPS) is 28.4. The predicted molar refractivity (Wildman–Crippen MR) is 105 cm³/mol. The van der Waals surface area contributed by atoms with E-state index in [1.54, 1.807) is 4.57 Å². The molecule has 2 heterocycles. The fourth-order valence-electron chi connectivity index (χ4n) is 3.50. The Balaban J connectivity index is 2.16. The smallest absolute Gasteiger partial charge is 0.203 e. The van der Waals surface area contributed by atoms with Crippen LogP contribution in [0.4, 0.5) is 5.95 Å². The Labute approximate surface area is 167 Å². The third-order valence-electron chi connectivity index (χ3n) is 5.17. The minimum atomic E-state index is -1.34. The molecule has 6 atom stereocenters. The molecule has 1 aromatic heterocycles. The SMILES string of the molecule is CC(CCl)c1cc2nc(N)n([C@@H]3OC[C@@H](O)[C@@H](O)[C@H]3O)c2cc1C(C)CCl. The highest BCUT2D eigenvalue weighted by Gasteiger charge is 2.40. The molecule has 1 fully saturated rings. The van der Waals surface area contributed by atoms with E-state index in [-0.39, 0.29) is 24.4 Å². The summed E-state index contributed by atoms with van der Waals surface area (Å²) in [5.74, 6) is 1.23. The molecule has 0 spiro atoms. The molecule has 0 amide bonds. The van der Waals surface area contributed by atoms with Crippen LogP contribution in [-0.2, 0) is 4.74 Å². The second-order valence-corrected chi connectivity index (χ2v) is 7.81. The molecule has 1 aliphatic rings. The van der Waals surface area contributed by atoms with Crippen molar-refractivity contribution in [1.29, 1.82) is 0 Å². The number of rotatable bonds is 5. The molecule has 1 aliphatic heterocycles. The van der Waals surface area contributed by atoms with Gasteiger partial charge in [0, 0.05) is 11.8 Å². The number of anilines is 1. The van der Waals surface area contributed by atoms with E-state index >= 15 is 0 Å². The van der Waals surface area contributed by atoms with Crippen LogP contribution in [0.1, 0.15) is 43.0 Å². The lowest BCUT2D eigenvalue weighted by Gasteiger charge is -2.36. The molecule has 0 radical (unpaired) electrons. The standard InChI is InChI=1S/C18H25Cl2N3O4/c1-8(5-19)10-3-12-13(4-11(10)9(2)6-20)23(18(21)22-12)17-16(26)15(25)14(24)7-27-17/h3-4,8-9,14-17,24-26H,5-7H2,1-2H3,(H2,21,22)/t8?,9?,14-,15-,16-,17-/m1/s1. The van der Waals surface area contributed by atoms with E-state index < -0.39 is 24.5 Å². The first-order chi connectivity index (χ1) is 12.8. The Morgan fingerprint density at radius 1 is 1.15 bits per heavy atom. The van der Waals surface area contributed by atoms with Crippen molar-refractivity contribution < 1.29 is 20.1 Å². The van der Waals surface area contributed by atoms with Crippen molar-refractivity contribution in [2.75, 3.05) is 24.1 Å². The number of halogens is 2. The van der Waals surface area contributed by atoms with Gasteiger partial charge in [0.1, 0.15) is 18.3 Å². The summed E-state index contributed by atoms with van der Waals surface area (Å²) in [6.07, 6.45) is -4.79. The van der Waals surface area contributed by atoms with Gasteiger partial charge in [0.2, 0.25) is 5.95 Å². The van der Waals surface area contributed by atoms with E-state index in [4.69, 9.17) is 33.7 Å². The van der Waals surface area contributed by atoms with Gasteiger partial charge < -0.3 is 25.8 Å². The maximum atomic E-state index is 10.4. The van der Waals surface area contributed by atoms with Crippen LogP contribution in [0, 0.1) is 0 Å². The zero-order valence-electron chi connectivity index (χ0n) is 15.2. The molecule has 0 bridgehead atoms. The number of aliphatic hydroxyl groups is 3. The lowest BCUT2D eigenvalue weighted by atomic mass is 9.90. The van der Waals surface area contributed by atoms with Gasteiger partial charge in [-0.1, -0.05) is 13.8 Å². The average Bonchev–Trinajstić information content (AvgIpc) is 2.98. The Morgan fingerprint density at radius 2 is 1.74 bits per heavy atom. The Bertz CT molecular complexity index is 815. The van der Waals surface area contributed by atoms with E-state index in [0.717, 1.165) is 11.1 Å². The fourth-order valence-corrected chi connectivity index (χ4v) is 3.83. The van der Waals surface area contributed by atoms with Crippen LogP contribution >= 0.6 is 23.2 Å². The molecule has 9 heteroatoms. The van der Waals surface area contributed by atoms with Crippen molar-refractivity contribution >= 4 is 40.2 Å². The molecule has 7 nitrogen and oxygen atoms in total. The topological polar surface area (TPSA) is 114 Å². The maximum absolute atomic E-state index is 10.4. The summed E-state index contributed by atoms with van der Waals surface area (Å²) in [5.41, 5.74) is 9.49. The van der Waals surface area contributed by atoms with E-state index in [9.17, 15) is 15.3 Å². The molecule has 2 aromatic rings. The number of aliphatic hydroxyl groups excluding tert-OH is 3. The minimum absolute atomic E-state index is 0.0749.